The van der Waals surface area contributed by atoms with Gasteiger partial charge in [0.05, 0.1) is 11.4 Å². The van der Waals surface area contributed by atoms with Gasteiger partial charge in [0.2, 0.25) is 5.95 Å². The molecule has 6 aromatic carbocycles. The summed E-state index contributed by atoms with van der Waals surface area (Å²) in [5.41, 5.74) is 2.70. The maximum atomic E-state index is 6.22. The second kappa shape index (κ2) is 11.3. The highest BCUT2D eigenvalue weighted by molar-refractivity contribution is 7.19. The molecule has 0 bridgehead atoms. The molecule has 0 atom stereocenters. The lowest BCUT2D eigenvalue weighted by Gasteiger charge is -2.47. The number of benzene rings is 6. The minimum Gasteiger partial charge on any atom is -0.453 e. The normalized spacial score (nSPS) is 12.1. The molecule has 0 saturated heterocycles. The molecule has 0 fully saturated rings. The van der Waals surface area contributed by atoms with Crippen molar-refractivity contribution in [3.8, 4) is 22.9 Å². The predicted octanol–water partition coefficient (Wildman–Crippen LogP) is 6.49. The van der Waals surface area contributed by atoms with Crippen molar-refractivity contribution in [3.05, 3.63) is 170 Å². The quantitative estimate of drug-likeness (QED) is 0.162. The van der Waals surface area contributed by atoms with Crippen LogP contribution in [0.25, 0.3) is 11.4 Å². The zero-order chi connectivity index (χ0) is 30.1. The van der Waals surface area contributed by atoms with E-state index in [9.17, 15) is 0 Å². The summed E-state index contributed by atoms with van der Waals surface area (Å²) < 4.78 is 6.22. The molecule has 0 spiro atoms. The third-order valence-corrected chi connectivity index (χ3v) is 13.1. The van der Waals surface area contributed by atoms with Crippen molar-refractivity contribution in [2.45, 2.75) is 0 Å². The van der Waals surface area contributed by atoms with Crippen LogP contribution in [-0.2, 0) is 0 Å². The lowest BCUT2D eigenvalue weighted by Crippen LogP contribution is -2.74. The third kappa shape index (κ3) is 4.60. The minimum atomic E-state index is -2.70. The summed E-state index contributed by atoms with van der Waals surface area (Å²) in [6.07, 6.45) is 1.60. The van der Waals surface area contributed by atoms with Crippen LogP contribution < -0.4 is 30.4 Å². The van der Waals surface area contributed by atoms with Crippen molar-refractivity contribution < 1.29 is 4.74 Å². The Morgan fingerprint density at radius 3 is 1.51 bits per heavy atom. The molecule has 1 aliphatic heterocycles. The molecule has 1 aliphatic rings. The van der Waals surface area contributed by atoms with Crippen molar-refractivity contribution >= 4 is 46.1 Å². The summed E-state index contributed by atoms with van der Waals surface area (Å²) in [7, 11) is -2.70. The number of fused-ring (bicyclic) bond motifs is 2. The Morgan fingerprint density at radius 1 is 0.467 bits per heavy atom. The number of hydrogen-bond donors (Lipinski definition) is 0. The van der Waals surface area contributed by atoms with Gasteiger partial charge in [0.15, 0.2) is 17.3 Å². The van der Waals surface area contributed by atoms with Crippen LogP contribution in [0.5, 0.6) is 11.5 Å². The molecule has 0 N–H and O–H groups in total. The second-order valence-electron chi connectivity index (χ2n) is 10.9. The van der Waals surface area contributed by atoms with Crippen LogP contribution in [0.15, 0.2) is 170 Å². The molecule has 1 aromatic heterocycles. The molecule has 8 rings (SSSR count). The Morgan fingerprint density at radius 2 is 0.956 bits per heavy atom. The van der Waals surface area contributed by atoms with Gasteiger partial charge >= 0.3 is 0 Å². The number of para-hydroxylation sites is 4. The van der Waals surface area contributed by atoms with Gasteiger partial charge in [-0.1, -0.05) is 140 Å². The van der Waals surface area contributed by atoms with Gasteiger partial charge in [0, 0.05) is 5.56 Å². The molecular formula is C39H28N4OSi-. The molecule has 2 heterocycles. The monoisotopic (exact) mass is 596 g/mol. The topological polar surface area (TPSA) is 51.1 Å². The Labute approximate surface area is 263 Å². The number of aromatic nitrogens is 3. The summed E-state index contributed by atoms with van der Waals surface area (Å²) in [6, 6.07) is 57.4. The van der Waals surface area contributed by atoms with Crippen molar-refractivity contribution in [1.82, 2.24) is 15.0 Å². The van der Waals surface area contributed by atoms with Crippen molar-refractivity contribution in [2.24, 2.45) is 0 Å². The maximum Gasteiger partial charge on any atom is 0.238 e. The zero-order valence-corrected chi connectivity index (χ0v) is 25.4. The second-order valence-corrected chi connectivity index (χ2v) is 14.7. The van der Waals surface area contributed by atoms with Crippen LogP contribution in [0.1, 0.15) is 0 Å². The van der Waals surface area contributed by atoms with E-state index in [4.69, 9.17) is 14.7 Å². The molecule has 6 heteroatoms. The van der Waals surface area contributed by atoms with Crippen LogP contribution in [0, 0.1) is 0 Å². The largest absolute Gasteiger partial charge is 0.453 e. The smallest absolute Gasteiger partial charge is 0.238 e. The summed E-state index contributed by atoms with van der Waals surface area (Å²) >= 11 is 0. The van der Waals surface area contributed by atoms with Gasteiger partial charge in [-0.3, -0.25) is 4.90 Å². The maximum absolute atomic E-state index is 6.22. The average molecular weight is 597 g/mol. The van der Waals surface area contributed by atoms with Crippen molar-refractivity contribution in [3.63, 3.8) is 0 Å². The van der Waals surface area contributed by atoms with Crippen LogP contribution in [0.3, 0.4) is 0 Å². The summed E-state index contributed by atoms with van der Waals surface area (Å²) in [5, 5.41) is 5.21. The number of hydrogen-bond acceptors (Lipinski definition) is 5. The third-order valence-electron chi connectivity index (χ3n) is 8.37. The Hall–Kier alpha value is -5.85. The van der Waals surface area contributed by atoms with E-state index in [1.54, 1.807) is 6.33 Å². The number of rotatable bonds is 6. The van der Waals surface area contributed by atoms with Gasteiger partial charge in [-0.15, -0.1) is 0 Å². The van der Waals surface area contributed by atoms with E-state index in [0.29, 0.717) is 11.8 Å². The van der Waals surface area contributed by atoms with Gasteiger partial charge in [-0.05, 0) is 32.3 Å². The highest BCUT2D eigenvalue weighted by atomic mass is 28.3. The van der Waals surface area contributed by atoms with Gasteiger partial charge in [-0.25, -0.2) is 9.97 Å². The Bertz CT molecular complexity index is 1960. The van der Waals surface area contributed by atoms with Gasteiger partial charge in [-0.2, -0.15) is 25.7 Å². The first-order valence-electron chi connectivity index (χ1n) is 14.9. The first kappa shape index (κ1) is 26.8. The fraction of sp³-hybridized carbons (Fsp3) is 0. The van der Waals surface area contributed by atoms with E-state index in [1.165, 1.54) is 20.7 Å². The number of anilines is 3. The molecular weight excluding hydrogens is 569 g/mol. The molecule has 0 unspecified atom stereocenters. The van der Waals surface area contributed by atoms with Crippen LogP contribution in [0.2, 0.25) is 0 Å². The molecule has 0 aliphatic carbocycles. The summed E-state index contributed by atoms with van der Waals surface area (Å²) in [4.78, 5) is 16.5. The van der Waals surface area contributed by atoms with E-state index in [2.05, 4.69) is 120 Å². The van der Waals surface area contributed by atoms with Gasteiger partial charge < -0.3 is 4.74 Å². The van der Waals surface area contributed by atoms with E-state index < -0.39 is 8.07 Å². The van der Waals surface area contributed by atoms with E-state index >= 15 is 0 Å². The van der Waals surface area contributed by atoms with Crippen molar-refractivity contribution in [2.75, 3.05) is 4.90 Å². The SMILES string of the molecule is c1ccc([Si-](c2ccccc2)(c2ccccc2)c2cccc(-c3ncnc(N4c5ccccc5Oc5ccccc54)n3)c2)cc1. The lowest BCUT2D eigenvalue weighted by atomic mass is 10.1. The number of ether oxygens (including phenoxy) is 1. The van der Waals surface area contributed by atoms with E-state index in [0.717, 1.165) is 28.4 Å². The molecule has 0 saturated carbocycles. The molecule has 0 radical (unpaired) electrons. The van der Waals surface area contributed by atoms with Gasteiger partial charge in [0.1, 0.15) is 6.33 Å². The van der Waals surface area contributed by atoms with E-state index in [-0.39, 0.29) is 0 Å². The first-order chi connectivity index (χ1) is 22.3. The molecule has 215 valence electrons. The minimum absolute atomic E-state index is 0.534. The molecule has 7 aromatic rings. The molecule has 5 nitrogen and oxygen atoms in total. The lowest BCUT2D eigenvalue weighted by molar-refractivity contribution is 0.476. The fourth-order valence-electron chi connectivity index (χ4n) is 6.41. The van der Waals surface area contributed by atoms with Crippen LogP contribution >= 0.6 is 0 Å². The van der Waals surface area contributed by atoms with E-state index in [1.807, 2.05) is 53.4 Å². The highest BCUT2D eigenvalue weighted by Crippen LogP contribution is 2.49. The fourth-order valence-corrected chi connectivity index (χ4v) is 11.2. The van der Waals surface area contributed by atoms with Gasteiger partial charge in [0.25, 0.3) is 0 Å². The summed E-state index contributed by atoms with van der Waals surface area (Å²) in [6.45, 7) is 0. The zero-order valence-electron chi connectivity index (χ0n) is 24.4. The summed E-state index contributed by atoms with van der Waals surface area (Å²) in [5.74, 6) is 2.65. The molecule has 0 amide bonds. The average Bonchev–Trinajstić information content (AvgIpc) is 3.12. The first-order valence-corrected chi connectivity index (χ1v) is 16.9. The van der Waals surface area contributed by atoms with Crippen LogP contribution in [-0.4, -0.2) is 23.0 Å². The predicted molar refractivity (Wildman–Crippen MR) is 184 cm³/mol. The Kier molecular flexibility index (Phi) is 6.74. The Balaban J connectivity index is 1.31. The molecule has 45 heavy (non-hydrogen) atoms. The van der Waals surface area contributed by atoms with Crippen molar-refractivity contribution in [1.29, 1.82) is 0 Å². The standard InChI is InChI=1S/C39H28N4OSi/c1-4-16-30(17-5-1)45(31-18-6-2-7-19-31,32-20-8-3-9-21-32)33-22-14-15-29(27-33)38-40-28-41-39(42-38)43-34-23-10-12-25-36(34)44-37-26-13-11-24-35(37)43/h1-28H/q-1. The number of nitrogens with zero attached hydrogens (tertiary/aromatic N) is 4. The highest BCUT2D eigenvalue weighted by Gasteiger charge is 2.29. The van der Waals surface area contributed by atoms with Crippen LogP contribution in [0.4, 0.5) is 17.3 Å².